The summed E-state index contributed by atoms with van der Waals surface area (Å²) in [5, 5.41) is 5.80. The maximum Gasteiger partial charge on any atom is 0.227 e. The van der Waals surface area contributed by atoms with Gasteiger partial charge in [-0.3, -0.25) is 4.79 Å². The van der Waals surface area contributed by atoms with E-state index in [-0.39, 0.29) is 11.8 Å². The van der Waals surface area contributed by atoms with Crippen LogP contribution in [0.5, 0.6) is 0 Å². The van der Waals surface area contributed by atoms with Crippen LogP contribution in [0.15, 0.2) is 29.6 Å². The fourth-order valence-corrected chi connectivity index (χ4v) is 2.49. The van der Waals surface area contributed by atoms with Gasteiger partial charge in [0.15, 0.2) is 0 Å². The summed E-state index contributed by atoms with van der Waals surface area (Å²) in [6, 6.07) is 7.41. The van der Waals surface area contributed by atoms with Crippen LogP contribution < -0.4 is 11.1 Å². The molecule has 1 heterocycles. The van der Waals surface area contributed by atoms with Gasteiger partial charge in [0.25, 0.3) is 0 Å². The first-order chi connectivity index (χ1) is 9.06. The van der Waals surface area contributed by atoms with E-state index in [1.807, 2.05) is 43.5 Å². The highest BCUT2D eigenvalue weighted by Gasteiger charge is 2.15. The van der Waals surface area contributed by atoms with E-state index in [9.17, 15) is 4.79 Å². The normalized spacial score (nSPS) is 12.1. The number of nitrogens with two attached hydrogens (primary N) is 1. The number of hydrogen-bond donors (Lipinski definition) is 2. The van der Waals surface area contributed by atoms with Crippen LogP contribution in [-0.4, -0.2) is 10.9 Å². The average molecular weight is 275 g/mol. The highest BCUT2D eigenvalue weighted by molar-refractivity contribution is 7.09. The summed E-state index contributed by atoms with van der Waals surface area (Å²) in [6.45, 7) is 4.29. The summed E-state index contributed by atoms with van der Waals surface area (Å²) in [7, 11) is 0. The minimum atomic E-state index is -0.218. The van der Waals surface area contributed by atoms with E-state index >= 15 is 0 Å². The molecule has 2 rings (SSSR count). The van der Waals surface area contributed by atoms with E-state index in [0.717, 1.165) is 16.3 Å². The van der Waals surface area contributed by atoms with Crippen molar-refractivity contribution in [3.63, 3.8) is 0 Å². The Kier molecular flexibility index (Phi) is 4.16. The standard InChI is InChI=1S/C14H17N3OS/c1-9-8-19-13(17-9)7-16-14(18)10(2)11-4-3-5-12(15)6-11/h3-6,8,10H,7,15H2,1-2H3,(H,16,18). The summed E-state index contributed by atoms with van der Waals surface area (Å²) in [5.41, 5.74) is 8.31. The third kappa shape index (κ3) is 3.54. The zero-order valence-electron chi connectivity index (χ0n) is 11.0. The third-order valence-corrected chi connectivity index (χ3v) is 3.85. The topological polar surface area (TPSA) is 68.0 Å². The van der Waals surface area contributed by atoms with Crippen LogP contribution in [0.2, 0.25) is 0 Å². The molecular formula is C14H17N3OS. The molecule has 0 spiro atoms. The second-order valence-electron chi connectivity index (χ2n) is 4.49. The summed E-state index contributed by atoms with van der Waals surface area (Å²) in [4.78, 5) is 16.4. The van der Waals surface area contributed by atoms with Crippen LogP contribution in [0, 0.1) is 6.92 Å². The summed E-state index contributed by atoms with van der Waals surface area (Å²) in [5.74, 6) is -0.233. The maximum atomic E-state index is 12.1. The molecule has 0 saturated carbocycles. The van der Waals surface area contributed by atoms with Crippen LogP contribution in [0.4, 0.5) is 5.69 Å². The number of anilines is 1. The van der Waals surface area contributed by atoms with Crippen molar-refractivity contribution in [2.45, 2.75) is 26.3 Å². The van der Waals surface area contributed by atoms with Gasteiger partial charge in [0.1, 0.15) is 5.01 Å². The summed E-state index contributed by atoms with van der Waals surface area (Å²) < 4.78 is 0. The van der Waals surface area contributed by atoms with E-state index in [4.69, 9.17) is 5.73 Å². The number of nitrogens with zero attached hydrogens (tertiary/aromatic N) is 1. The van der Waals surface area contributed by atoms with E-state index in [2.05, 4.69) is 10.3 Å². The number of aromatic nitrogens is 1. The van der Waals surface area contributed by atoms with Gasteiger partial charge in [-0.1, -0.05) is 12.1 Å². The quantitative estimate of drug-likeness (QED) is 0.842. The van der Waals surface area contributed by atoms with Crippen LogP contribution in [0.25, 0.3) is 0 Å². The predicted octanol–water partition coefficient (Wildman–Crippen LogP) is 2.45. The number of nitrogens with one attached hydrogen (secondary N) is 1. The van der Waals surface area contributed by atoms with Gasteiger partial charge in [-0.25, -0.2) is 4.98 Å². The smallest absolute Gasteiger partial charge is 0.227 e. The fourth-order valence-electron chi connectivity index (χ4n) is 1.78. The van der Waals surface area contributed by atoms with Crippen molar-refractivity contribution in [2.24, 2.45) is 0 Å². The molecule has 1 aromatic heterocycles. The Balaban J connectivity index is 1.96. The maximum absolute atomic E-state index is 12.1. The monoisotopic (exact) mass is 275 g/mol. The molecule has 0 aliphatic rings. The third-order valence-electron chi connectivity index (χ3n) is 2.88. The molecule has 1 unspecified atom stereocenters. The van der Waals surface area contributed by atoms with E-state index in [1.54, 1.807) is 11.3 Å². The molecule has 19 heavy (non-hydrogen) atoms. The molecule has 1 amide bonds. The Hall–Kier alpha value is -1.88. The second-order valence-corrected chi connectivity index (χ2v) is 5.43. The van der Waals surface area contributed by atoms with Gasteiger partial charge >= 0.3 is 0 Å². The summed E-state index contributed by atoms with van der Waals surface area (Å²) >= 11 is 1.56. The van der Waals surface area contributed by atoms with E-state index < -0.39 is 0 Å². The minimum absolute atomic E-state index is 0.0153. The first-order valence-corrected chi connectivity index (χ1v) is 6.98. The molecule has 2 aromatic rings. The second kappa shape index (κ2) is 5.84. The number of thiazole rings is 1. The molecule has 100 valence electrons. The Bertz CT molecular complexity index is 580. The Morgan fingerprint density at radius 1 is 1.53 bits per heavy atom. The van der Waals surface area contributed by atoms with E-state index in [1.165, 1.54) is 0 Å². The molecule has 0 radical (unpaired) electrons. The average Bonchev–Trinajstić information content (AvgIpc) is 2.81. The van der Waals surface area contributed by atoms with Crippen LogP contribution in [0.3, 0.4) is 0 Å². The molecule has 0 saturated heterocycles. The molecule has 3 N–H and O–H groups in total. The zero-order chi connectivity index (χ0) is 13.8. The molecule has 4 nitrogen and oxygen atoms in total. The highest BCUT2D eigenvalue weighted by Crippen LogP contribution is 2.18. The van der Waals surface area contributed by atoms with Crippen LogP contribution in [-0.2, 0) is 11.3 Å². The van der Waals surface area contributed by atoms with Gasteiger partial charge in [0.2, 0.25) is 5.91 Å². The van der Waals surface area contributed by atoms with E-state index in [0.29, 0.717) is 12.2 Å². The van der Waals surface area contributed by atoms with Gasteiger partial charge in [0, 0.05) is 16.8 Å². The number of nitrogen functional groups attached to an aromatic ring is 1. The highest BCUT2D eigenvalue weighted by atomic mass is 32.1. The Morgan fingerprint density at radius 2 is 2.32 bits per heavy atom. The van der Waals surface area contributed by atoms with Crippen molar-refractivity contribution in [2.75, 3.05) is 5.73 Å². The van der Waals surface area contributed by atoms with Gasteiger partial charge in [-0.15, -0.1) is 11.3 Å². The van der Waals surface area contributed by atoms with Gasteiger partial charge in [0.05, 0.1) is 12.5 Å². The van der Waals surface area contributed by atoms with Crippen molar-refractivity contribution in [3.05, 3.63) is 45.9 Å². The Labute approximate surface area is 116 Å². The lowest BCUT2D eigenvalue weighted by molar-refractivity contribution is -0.122. The van der Waals surface area contributed by atoms with Crippen LogP contribution >= 0.6 is 11.3 Å². The number of benzene rings is 1. The van der Waals surface area contributed by atoms with Gasteiger partial charge < -0.3 is 11.1 Å². The molecule has 0 aliphatic carbocycles. The lowest BCUT2D eigenvalue weighted by Crippen LogP contribution is -2.27. The first-order valence-electron chi connectivity index (χ1n) is 6.10. The fraction of sp³-hybridized carbons (Fsp3) is 0.286. The van der Waals surface area contributed by atoms with Crippen molar-refractivity contribution in [3.8, 4) is 0 Å². The molecule has 1 atom stereocenters. The lowest BCUT2D eigenvalue weighted by atomic mass is 10.00. The lowest BCUT2D eigenvalue weighted by Gasteiger charge is -2.12. The molecule has 0 bridgehead atoms. The minimum Gasteiger partial charge on any atom is -0.399 e. The SMILES string of the molecule is Cc1csc(CNC(=O)C(C)c2cccc(N)c2)n1. The number of aryl methyl sites for hydroxylation is 1. The molecular weight excluding hydrogens is 258 g/mol. The largest absolute Gasteiger partial charge is 0.399 e. The number of carbonyl (C=O) groups excluding carboxylic acids is 1. The number of carbonyl (C=O) groups is 1. The first kappa shape index (κ1) is 13.5. The molecule has 0 aliphatic heterocycles. The number of hydrogen-bond acceptors (Lipinski definition) is 4. The van der Waals surface area contributed by atoms with Crippen molar-refractivity contribution in [1.82, 2.24) is 10.3 Å². The number of rotatable bonds is 4. The zero-order valence-corrected chi connectivity index (χ0v) is 11.8. The molecule has 1 aromatic carbocycles. The predicted molar refractivity (Wildman–Crippen MR) is 78.0 cm³/mol. The number of amides is 1. The van der Waals surface area contributed by atoms with Gasteiger partial charge in [-0.2, -0.15) is 0 Å². The van der Waals surface area contributed by atoms with Crippen molar-refractivity contribution >= 4 is 22.9 Å². The van der Waals surface area contributed by atoms with Gasteiger partial charge in [-0.05, 0) is 31.5 Å². The van der Waals surface area contributed by atoms with Crippen molar-refractivity contribution in [1.29, 1.82) is 0 Å². The summed E-state index contributed by atoms with van der Waals surface area (Å²) in [6.07, 6.45) is 0. The van der Waals surface area contributed by atoms with Crippen molar-refractivity contribution < 1.29 is 4.79 Å². The molecule has 0 fully saturated rings. The van der Waals surface area contributed by atoms with Crippen LogP contribution in [0.1, 0.15) is 29.1 Å². The Morgan fingerprint density at radius 3 is 2.95 bits per heavy atom. The molecule has 5 heteroatoms.